The minimum atomic E-state index is -0.326. The van der Waals surface area contributed by atoms with Gasteiger partial charge in [0.25, 0.3) is 0 Å². The number of aromatic nitrogens is 6. The fourth-order valence-electron chi connectivity index (χ4n) is 5.47. The number of para-hydroxylation sites is 1. The Bertz CT molecular complexity index is 1550. The van der Waals surface area contributed by atoms with E-state index in [1.54, 1.807) is 16.9 Å². The molecule has 0 bridgehead atoms. The van der Waals surface area contributed by atoms with Crippen LogP contribution in [0.5, 0.6) is 0 Å². The summed E-state index contributed by atoms with van der Waals surface area (Å²) in [6.45, 7) is 0.894. The number of nitrogens with zero attached hydrogens (tertiary/aromatic N) is 5. The van der Waals surface area contributed by atoms with E-state index in [0.717, 1.165) is 38.6 Å². The van der Waals surface area contributed by atoms with Crippen molar-refractivity contribution in [1.82, 2.24) is 34.9 Å². The summed E-state index contributed by atoms with van der Waals surface area (Å²) >= 11 is 0. The summed E-state index contributed by atoms with van der Waals surface area (Å²) in [5, 5.41) is 12.6. The lowest BCUT2D eigenvalue weighted by Crippen LogP contribution is -2.29. The molecule has 0 amide bonds. The molecule has 0 spiro atoms. The van der Waals surface area contributed by atoms with Gasteiger partial charge in [0.15, 0.2) is 11.5 Å². The molecule has 1 aromatic carbocycles. The van der Waals surface area contributed by atoms with Crippen LogP contribution in [0.15, 0.2) is 48.8 Å². The third-order valence-corrected chi connectivity index (χ3v) is 7.20. The summed E-state index contributed by atoms with van der Waals surface area (Å²) < 4.78 is 16.7. The maximum absolute atomic E-state index is 15.0. The van der Waals surface area contributed by atoms with Gasteiger partial charge < -0.3 is 15.6 Å². The number of aryl methyl sites for hydroxylation is 1. The Morgan fingerprint density at radius 1 is 1.11 bits per heavy atom. The highest BCUT2D eigenvalue weighted by Gasteiger charge is 2.25. The number of H-pyrrole nitrogens is 1. The number of aromatic amines is 1. The van der Waals surface area contributed by atoms with E-state index in [2.05, 4.69) is 54.9 Å². The zero-order valence-electron chi connectivity index (χ0n) is 19.1. The molecule has 4 aromatic heterocycles. The van der Waals surface area contributed by atoms with Gasteiger partial charge in [0.2, 0.25) is 5.95 Å². The van der Waals surface area contributed by atoms with Gasteiger partial charge in [-0.1, -0.05) is 18.2 Å². The van der Waals surface area contributed by atoms with E-state index in [-0.39, 0.29) is 17.9 Å². The largest absolute Gasteiger partial charge is 0.358 e. The first kappa shape index (κ1) is 20.5. The van der Waals surface area contributed by atoms with Crippen LogP contribution in [-0.4, -0.2) is 42.1 Å². The van der Waals surface area contributed by atoms with Crippen LogP contribution in [0.4, 0.5) is 10.3 Å². The summed E-state index contributed by atoms with van der Waals surface area (Å²) in [6, 6.07) is 11.9. The number of rotatable bonds is 4. The normalized spacial score (nSPS) is 19.9. The molecule has 35 heavy (non-hydrogen) atoms. The van der Waals surface area contributed by atoms with Gasteiger partial charge in [-0.2, -0.15) is 14.6 Å². The number of benzene rings is 1. The number of hydrogen-bond acceptors (Lipinski definition) is 6. The van der Waals surface area contributed by atoms with Crippen molar-refractivity contribution in [2.24, 2.45) is 0 Å². The van der Waals surface area contributed by atoms with Crippen molar-refractivity contribution in [3.63, 3.8) is 0 Å². The predicted molar refractivity (Wildman–Crippen MR) is 132 cm³/mol. The number of hydrogen-bond donors (Lipinski definition) is 3. The van der Waals surface area contributed by atoms with Crippen molar-refractivity contribution in [3.8, 4) is 11.4 Å². The quantitative estimate of drug-likeness (QED) is 0.366. The Labute approximate surface area is 201 Å². The molecule has 1 fully saturated rings. The smallest absolute Gasteiger partial charge is 0.228 e. The Kier molecular flexibility index (Phi) is 4.76. The minimum Gasteiger partial charge on any atom is -0.358 e. The average Bonchev–Trinajstić information content (AvgIpc) is 3.63. The predicted octanol–water partition coefficient (Wildman–Crippen LogP) is 4.20. The van der Waals surface area contributed by atoms with E-state index in [1.165, 1.54) is 28.2 Å². The molecular weight excluding hydrogens is 443 g/mol. The lowest BCUT2D eigenvalue weighted by Gasteiger charge is -2.24. The van der Waals surface area contributed by atoms with E-state index < -0.39 is 0 Å². The van der Waals surface area contributed by atoms with Crippen LogP contribution < -0.4 is 10.6 Å². The Morgan fingerprint density at radius 2 is 2.06 bits per heavy atom. The van der Waals surface area contributed by atoms with Crippen LogP contribution in [0, 0.1) is 5.82 Å². The molecule has 9 heteroatoms. The van der Waals surface area contributed by atoms with Crippen molar-refractivity contribution in [1.29, 1.82) is 0 Å². The molecule has 0 saturated carbocycles. The van der Waals surface area contributed by atoms with Gasteiger partial charge in [-0.3, -0.25) is 4.98 Å². The molecular formula is C26H25FN8. The van der Waals surface area contributed by atoms with Crippen LogP contribution in [0.25, 0.3) is 27.9 Å². The molecule has 8 nitrogen and oxygen atoms in total. The first-order valence-corrected chi connectivity index (χ1v) is 12.2. The minimum absolute atomic E-state index is 0.0276. The van der Waals surface area contributed by atoms with Crippen LogP contribution in [0.2, 0.25) is 0 Å². The monoisotopic (exact) mass is 468 g/mol. The Hall–Kier alpha value is -3.85. The molecule has 1 aliphatic carbocycles. The summed E-state index contributed by atoms with van der Waals surface area (Å²) in [7, 11) is 0. The second-order valence-corrected chi connectivity index (χ2v) is 9.42. The fourth-order valence-corrected chi connectivity index (χ4v) is 5.47. The number of pyridine rings is 1. The van der Waals surface area contributed by atoms with E-state index in [1.807, 2.05) is 6.07 Å². The van der Waals surface area contributed by atoms with E-state index >= 15 is 0 Å². The van der Waals surface area contributed by atoms with Gasteiger partial charge in [0, 0.05) is 40.5 Å². The van der Waals surface area contributed by atoms with Crippen molar-refractivity contribution >= 4 is 22.5 Å². The summed E-state index contributed by atoms with van der Waals surface area (Å²) in [4.78, 5) is 17.4. The summed E-state index contributed by atoms with van der Waals surface area (Å²) in [6.07, 6.45) is 8.13. The van der Waals surface area contributed by atoms with Crippen LogP contribution in [0.3, 0.4) is 0 Å². The highest BCUT2D eigenvalue weighted by atomic mass is 19.1. The second-order valence-electron chi connectivity index (χ2n) is 9.42. The van der Waals surface area contributed by atoms with Crippen molar-refractivity contribution < 1.29 is 4.39 Å². The van der Waals surface area contributed by atoms with Crippen molar-refractivity contribution in [2.45, 2.75) is 44.2 Å². The molecule has 176 valence electrons. The maximum atomic E-state index is 15.0. The highest BCUT2D eigenvalue weighted by Crippen LogP contribution is 2.31. The van der Waals surface area contributed by atoms with Gasteiger partial charge in [-0.25, -0.2) is 9.37 Å². The SMILES string of the molecule is Fc1cc(-c2nc(NC3CCc4[nH]c5ccccc5c4C3)n3nccc3n2)cnc1C1CCCN1. The molecule has 2 unspecified atom stereocenters. The van der Waals surface area contributed by atoms with Crippen LogP contribution in [0.1, 0.15) is 42.3 Å². The first-order chi connectivity index (χ1) is 17.2. The lowest BCUT2D eigenvalue weighted by atomic mass is 9.91. The first-order valence-electron chi connectivity index (χ1n) is 12.2. The van der Waals surface area contributed by atoms with Gasteiger partial charge in [0.05, 0.1) is 17.9 Å². The van der Waals surface area contributed by atoms with E-state index in [0.29, 0.717) is 28.7 Å². The van der Waals surface area contributed by atoms with Crippen molar-refractivity contribution in [3.05, 3.63) is 71.6 Å². The zero-order chi connectivity index (χ0) is 23.4. The number of halogens is 1. The highest BCUT2D eigenvalue weighted by molar-refractivity contribution is 5.85. The summed E-state index contributed by atoms with van der Waals surface area (Å²) in [5.41, 5.74) is 5.53. The number of anilines is 1. The fraction of sp³-hybridized carbons (Fsp3) is 0.308. The molecule has 2 aliphatic rings. The standard InChI is InChI=1S/C26H25FN8/c27-19-12-15(14-29-24(19)22-6-3-10-28-22)25-33-23-9-11-30-35(23)26(34-25)31-16-7-8-21-18(13-16)17-4-1-2-5-20(17)32-21/h1-2,4-5,9,11-12,14,16,22,28,32H,3,6-8,10,13H2,(H,31,33,34). The lowest BCUT2D eigenvalue weighted by molar-refractivity contribution is 0.541. The Morgan fingerprint density at radius 3 is 2.94 bits per heavy atom. The average molecular weight is 469 g/mol. The van der Waals surface area contributed by atoms with Crippen molar-refractivity contribution in [2.75, 3.05) is 11.9 Å². The van der Waals surface area contributed by atoms with Crippen LogP contribution in [-0.2, 0) is 12.8 Å². The van der Waals surface area contributed by atoms with Gasteiger partial charge >= 0.3 is 0 Å². The molecule has 5 heterocycles. The molecule has 0 radical (unpaired) electrons. The van der Waals surface area contributed by atoms with Gasteiger partial charge in [-0.05, 0) is 56.3 Å². The summed E-state index contributed by atoms with van der Waals surface area (Å²) in [5.74, 6) is 0.708. The molecule has 2 atom stereocenters. The van der Waals surface area contributed by atoms with Gasteiger partial charge in [-0.15, -0.1) is 0 Å². The third kappa shape index (κ3) is 3.54. The zero-order valence-corrected chi connectivity index (χ0v) is 19.1. The maximum Gasteiger partial charge on any atom is 0.228 e. The molecule has 1 aliphatic heterocycles. The number of nitrogens with one attached hydrogen (secondary N) is 3. The van der Waals surface area contributed by atoms with E-state index in [9.17, 15) is 4.39 Å². The van der Waals surface area contributed by atoms with E-state index in [4.69, 9.17) is 4.98 Å². The third-order valence-electron chi connectivity index (χ3n) is 7.20. The Balaban J connectivity index is 1.21. The van der Waals surface area contributed by atoms with Crippen LogP contribution >= 0.6 is 0 Å². The molecule has 1 saturated heterocycles. The number of fused-ring (bicyclic) bond motifs is 4. The molecule has 7 rings (SSSR count). The molecule has 5 aromatic rings. The second kappa shape index (κ2) is 8.13. The van der Waals surface area contributed by atoms with Gasteiger partial charge in [0.1, 0.15) is 5.82 Å². The molecule has 3 N–H and O–H groups in total. The topological polar surface area (TPSA) is 95.8 Å².